The third-order valence-electron chi connectivity index (χ3n) is 4.82. The Bertz CT molecular complexity index is 917. The van der Waals surface area contributed by atoms with Crippen LogP contribution in [0, 0.1) is 0 Å². The first kappa shape index (κ1) is 15.0. The molecule has 24 heavy (non-hydrogen) atoms. The molecule has 4 aromatic rings. The Morgan fingerprint density at radius 3 is 2.54 bits per heavy atom. The molecule has 4 rings (SSSR count). The predicted molar refractivity (Wildman–Crippen MR) is 99.4 cm³/mol. The number of rotatable bonds is 6. The second-order valence-corrected chi connectivity index (χ2v) is 6.37. The lowest BCUT2D eigenvalue weighted by molar-refractivity contribution is 0.282. The Labute approximate surface area is 141 Å². The van der Waals surface area contributed by atoms with Crippen LogP contribution in [0.25, 0.3) is 21.8 Å². The van der Waals surface area contributed by atoms with E-state index in [1.54, 1.807) is 0 Å². The van der Waals surface area contributed by atoms with Crippen molar-refractivity contribution in [3.8, 4) is 0 Å². The van der Waals surface area contributed by atoms with Gasteiger partial charge in [-0.15, -0.1) is 0 Å². The van der Waals surface area contributed by atoms with Crippen molar-refractivity contribution in [1.82, 2.24) is 9.97 Å². The van der Waals surface area contributed by atoms with E-state index < -0.39 is 0 Å². The van der Waals surface area contributed by atoms with Gasteiger partial charge in [-0.25, -0.2) is 0 Å². The second-order valence-electron chi connectivity index (χ2n) is 6.37. The molecule has 1 unspecified atom stereocenters. The first-order chi connectivity index (χ1) is 11.9. The third-order valence-corrected chi connectivity index (χ3v) is 4.82. The number of fused-ring (bicyclic) bond motifs is 2. The summed E-state index contributed by atoms with van der Waals surface area (Å²) < 4.78 is 0. The molecule has 0 spiro atoms. The average Bonchev–Trinajstić information content (AvgIpc) is 3.23. The van der Waals surface area contributed by atoms with Gasteiger partial charge < -0.3 is 15.1 Å². The van der Waals surface area contributed by atoms with E-state index in [1.807, 2.05) is 0 Å². The van der Waals surface area contributed by atoms with Gasteiger partial charge in [0.1, 0.15) is 0 Å². The zero-order chi connectivity index (χ0) is 16.4. The number of aliphatic hydroxyl groups is 1. The van der Waals surface area contributed by atoms with Crippen LogP contribution in [0.1, 0.15) is 36.4 Å². The van der Waals surface area contributed by atoms with Crippen LogP contribution in [-0.2, 0) is 0 Å². The van der Waals surface area contributed by atoms with Gasteiger partial charge in [-0.3, -0.25) is 0 Å². The number of hydrogen-bond acceptors (Lipinski definition) is 1. The zero-order valence-electron chi connectivity index (χ0n) is 13.6. The molecule has 2 aromatic carbocycles. The standard InChI is InChI=1S/C21H22N2O/c24-12-6-5-9-17(18-14-22-20-11-4-2-8-16(18)20)21-13-15-7-1-3-10-19(15)23-21/h1-4,7-8,10-11,13-14,17,22-24H,5-6,9,12H2. The summed E-state index contributed by atoms with van der Waals surface area (Å²) in [6.07, 6.45) is 5.02. The minimum atomic E-state index is 0.257. The summed E-state index contributed by atoms with van der Waals surface area (Å²) in [6, 6.07) is 19.1. The molecule has 1 atom stereocenters. The molecule has 0 aliphatic rings. The summed E-state index contributed by atoms with van der Waals surface area (Å²) in [5.41, 5.74) is 4.93. The predicted octanol–water partition coefficient (Wildman–Crippen LogP) is 4.94. The smallest absolute Gasteiger partial charge is 0.0457 e. The van der Waals surface area contributed by atoms with E-state index in [1.165, 1.54) is 33.1 Å². The van der Waals surface area contributed by atoms with Crippen molar-refractivity contribution >= 4 is 21.8 Å². The summed E-state index contributed by atoms with van der Waals surface area (Å²) in [5.74, 6) is 0.306. The minimum absolute atomic E-state index is 0.257. The van der Waals surface area contributed by atoms with Gasteiger partial charge in [0.15, 0.2) is 0 Å². The summed E-state index contributed by atoms with van der Waals surface area (Å²) >= 11 is 0. The third kappa shape index (κ3) is 2.72. The van der Waals surface area contributed by atoms with Crippen LogP contribution in [0.5, 0.6) is 0 Å². The number of aromatic nitrogens is 2. The second kappa shape index (κ2) is 6.54. The lowest BCUT2D eigenvalue weighted by Crippen LogP contribution is -2.02. The van der Waals surface area contributed by atoms with E-state index in [4.69, 9.17) is 5.11 Å². The maximum atomic E-state index is 9.15. The minimum Gasteiger partial charge on any atom is -0.396 e. The van der Waals surface area contributed by atoms with Crippen LogP contribution < -0.4 is 0 Å². The Hall–Kier alpha value is -2.52. The van der Waals surface area contributed by atoms with Crippen molar-refractivity contribution < 1.29 is 5.11 Å². The fraction of sp³-hybridized carbons (Fsp3) is 0.238. The Morgan fingerprint density at radius 1 is 0.917 bits per heavy atom. The Morgan fingerprint density at radius 2 is 1.71 bits per heavy atom. The first-order valence-corrected chi connectivity index (χ1v) is 8.61. The van der Waals surface area contributed by atoms with Crippen molar-refractivity contribution in [1.29, 1.82) is 0 Å². The summed E-state index contributed by atoms with van der Waals surface area (Å²) in [6.45, 7) is 0.257. The van der Waals surface area contributed by atoms with E-state index in [-0.39, 0.29) is 6.61 Å². The number of benzene rings is 2. The molecule has 0 aliphatic carbocycles. The highest BCUT2D eigenvalue weighted by molar-refractivity contribution is 5.85. The van der Waals surface area contributed by atoms with Gasteiger partial charge in [-0.1, -0.05) is 42.8 Å². The molecule has 0 bridgehead atoms. The molecule has 3 heteroatoms. The normalized spacial score (nSPS) is 12.9. The van der Waals surface area contributed by atoms with Crippen LogP contribution in [0.2, 0.25) is 0 Å². The van der Waals surface area contributed by atoms with Gasteiger partial charge in [-0.05, 0) is 42.0 Å². The van der Waals surface area contributed by atoms with E-state index in [0.29, 0.717) is 5.92 Å². The molecule has 2 heterocycles. The lowest BCUT2D eigenvalue weighted by atomic mass is 9.90. The highest BCUT2D eigenvalue weighted by Gasteiger charge is 2.19. The molecular formula is C21H22N2O. The van der Waals surface area contributed by atoms with Crippen LogP contribution in [0.15, 0.2) is 60.8 Å². The molecular weight excluding hydrogens is 296 g/mol. The molecule has 0 amide bonds. The van der Waals surface area contributed by atoms with Gasteiger partial charge >= 0.3 is 0 Å². The molecule has 2 aromatic heterocycles. The number of aliphatic hydroxyl groups excluding tert-OH is 1. The number of unbranched alkanes of at least 4 members (excludes halogenated alkanes) is 1. The first-order valence-electron chi connectivity index (χ1n) is 8.61. The molecule has 0 radical (unpaired) electrons. The molecule has 0 aliphatic heterocycles. The SMILES string of the molecule is OCCCCC(c1cc2ccccc2[nH]1)c1c[nH]c2ccccc12. The molecule has 0 saturated carbocycles. The Kier molecular flexibility index (Phi) is 4.09. The van der Waals surface area contributed by atoms with Crippen molar-refractivity contribution in [2.45, 2.75) is 25.2 Å². The van der Waals surface area contributed by atoms with Crippen LogP contribution in [0.4, 0.5) is 0 Å². The monoisotopic (exact) mass is 318 g/mol. The van der Waals surface area contributed by atoms with Crippen molar-refractivity contribution in [2.24, 2.45) is 0 Å². The molecule has 3 nitrogen and oxygen atoms in total. The van der Waals surface area contributed by atoms with Crippen molar-refractivity contribution in [3.63, 3.8) is 0 Å². The summed E-state index contributed by atoms with van der Waals surface area (Å²) in [4.78, 5) is 7.00. The van der Waals surface area contributed by atoms with E-state index in [9.17, 15) is 0 Å². The highest BCUT2D eigenvalue weighted by atomic mass is 16.2. The fourth-order valence-electron chi connectivity index (χ4n) is 3.60. The quantitative estimate of drug-likeness (QED) is 0.433. The van der Waals surface area contributed by atoms with Crippen LogP contribution >= 0.6 is 0 Å². The number of H-pyrrole nitrogens is 2. The van der Waals surface area contributed by atoms with Gasteiger partial charge in [0.25, 0.3) is 0 Å². The maximum absolute atomic E-state index is 9.15. The Balaban J connectivity index is 1.78. The van der Waals surface area contributed by atoms with Crippen LogP contribution in [-0.4, -0.2) is 21.7 Å². The maximum Gasteiger partial charge on any atom is 0.0457 e. The lowest BCUT2D eigenvalue weighted by Gasteiger charge is -2.15. The van der Waals surface area contributed by atoms with E-state index in [0.717, 1.165) is 19.3 Å². The number of aromatic amines is 2. The van der Waals surface area contributed by atoms with Gasteiger partial charge in [0, 0.05) is 40.8 Å². The molecule has 122 valence electrons. The van der Waals surface area contributed by atoms with Crippen LogP contribution in [0.3, 0.4) is 0 Å². The number of hydrogen-bond donors (Lipinski definition) is 3. The molecule has 0 saturated heterocycles. The van der Waals surface area contributed by atoms with E-state index >= 15 is 0 Å². The van der Waals surface area contributed by atoms with Crippen molar-refractivity contribution in [2.75, 3.05) is 6.61 Å². The zero-order valence-corrected chi connectivity index (χ0v) is 13.6. The van der Waals surface area contributed by atoms with Crippen molar-refractivity contribution in [3.05, 3.63) is 72.1 Å². The number of nitrogens with one attached hydrogen (secondary N) is 2. The topological polar surface area (TPSA) is 51.8 Å². The van der Waals surface area contributed by atoms with E-state index in [2.05, 4.69) is 70.8 Å². The molecule has 3 N–H and O–H groups in total. The summed E-state index contributed by atoms with van der Waals surface area (Å²) in [5, 5.41) is 11.7. The van der Waals surface area contributed by atoms with Gasteiger partial charge in [-0.2, -0.15) is 0 Å². The largest absolute Gasteiger partial charge is 0.396 e. The highest BCUT2D eigenvalue weighted by Crippen LogP contribution is 2.35. The van der Waals surface area contributed by atoms with Gasteiger partial charge in [0.05, 0.1) is 0 Å². The average molecular weight is 318 g/mol. The summed E-state index contributed by atoms with van der Waals surface area (Å²) in [7, 11) is 0. The molecule has 0 fully saturated rings. The van der Waals surface area contributed by atoms with Gasteiger partial charge in [0.2, 0.25) is 0 Å². The number of para-hydroxylation sites is 2. The fourth-order valence-corrected chi connectivity index (χ4v) is 3.60.